The van der Waals surface area contributed by atoms with Crippen LogP contribution in [-0.2, 0) is 17.5 Å². The Morgan fingerprint density at radius 3 is 2.56 bits per heavy atom. The van der Waals surface area contributed by atoms with Crippen molar-refractivity contribution in [3.63, 3.8) is 0 Å². The topological polar surface area (TPSA) is 75.4 Å². The Kier molecular flexibility index (Phi) is 6.79. The second kappa shape index (κ2) is 9.93. The van der Waals surface area contributed by atoms with E-state index in [1.807, 2.05) is 30.3 Å². The minimum absolute atomic E-state index is 0.00672. The molecule has 174 valence electrons. The highest BCUT2D eigenvalue weighted by molar-refractivity contribution is 5.78. The van der Waals surface area contributed by atoms with Crippen LogP contribution >= 0.6 is 0 Å². The first-order chi connectivity index (χ1) is 16.3. The molecule has 5 nitrogen and oxygen atoms in total. The molecule has 1 aromatic heterocycles. The molecule has 1 heterocycles. The maximum absolute atomic E-state index is 13.8. The van der Waals surface area contributed by atoms with E-state index in [-0.39, 0.29) is 23.4 Å². The van der Waals surface area contributed by atoms with Crippen molar-refractivity contribution >= 4 is 29.2 Å². The maximum Gasteiger partial charge on any atom is 0.417 e. The molecule has 0 saturated heterocycles. The van der Waals surface area contributed by atoms with Gasteiger partial charge in [0.15, 0.2) is 5.58 Å². The Morgan fingerprint density at radius 1 is 1.03 bits per heavy atom. The molecule has 0 aliphatic rings. The Hall–Kier alpha value is -3.91. The normalized spacial score (nSPS) is 12.0. The van der Waals surface area contributed by atoms with Gasteiger partial charge in [-0.25, -0.2) is 4.98 Å². The largest absolute Gasteiger partial charge is 0.481 e. The summed E-state index contributed by atoms with van der Waals surface area (Å²) in [5, 5.41) is 11.7. The molecule has 0 aliphatic carbocycles. The molecular formula is C26H21F3N2O3. The Balaban J connectivity index is 1.60. The second-order valence-corrected chi connectivity index (χ2v) is 7.69. The highest BCUT2D eigenvalue weighted by atomic mass is 19.4. The van der Waals surface area contributed by atoms with Gasteiger partial charge in [0.25, 0.3) is 0 Å². The monoisotopic (exact) mass is 466 g/mol. The smallest absolute Gasteiger partial charge is 0.417 e. The van der Waals surface area contributed by atoms with E-state index >= 15 is 0 Å². The minimum atomic E-state index is -4.55. The number of hydrogen-bond acceptors (Lipinski definition) is 4. The predicted molar refractivity (Wildman–Crippen MR) is 124 cm³/mol. The number of carbonyl (C=O) groups is 1. The number of hydrogen-bond donors (Lipinski definition) is 2. The molecule has 0 spiro atoms. The number of halogens is 3. The lowest BCUT2D eigenvalue weighted by atomic mass is 10.0. The summed E-state index contributed by atoms with van der Waals surface area (Å²) in [7, 11) is 0. The van der Waals surface area contributed by atoms with Crippen LogP contribution in [0.15, 0.2) is 71.1 Å². The van der Waals surface area contributed by atoms with Crippen molar-refractivity contribution in [2.75, 3.05) is 6.54 Å². The molecule has 0 bridgehead atoms. The highest BCUT2D eigenvalue weighted by Crippen LogP contribution is 2.36. The number of benzene rings is 3. The zero-order valence-electron chi connectivity index (χ0n) is 18.0. The molecule has 0 unspecified atom stereocenters. The Bertz CT molecular complexity index is 1330. The van der Waals surface area contributed by atoms with E-state index in [1.165, 1.54) is 12.1 Å². The molecular weight excluding hydrogens is 445 g/mol. The van der Waals surface area contributed by atoms with Crippen LogP contribution in [0.25, 0.3) is 34.7 Å². The summed E-state index contributed by atoms with van der Waals surface area (Å²) in [6, 6.07) is 18.4. The number of oxazole rings is 1. The zero-order valence-corrected chi connectivity index (χ0v) is 18.0. The summed E-state index contributed by atoms with van der Waals surface area (Å²) in [5.74, 6) is -0.794. The fraction of sp³-hybridized carbons (Fsp3) is 0.154. The van der Waals surface area contributed by atoms with Crippen LogP contribution in [0.4, 0.5) is 13.2 Å². The van der Waals surface area contributed by atoms with Crippen LogP contribution in [0, 0.1) is 0 Å². The van der Waals surface area contributed by atoms with Crippen molar-refractivity contribution in [2.24, 2.45) is 0 Å². The van der Waals surface area contributed by atoms with Gasteiger partial charge in [-0.1, -0.05) is 54.6 Å². The minimum Gasteiger partial charge on any atom is -0.481 e. The summed E-state index contributed by atoms with van der Waals surface area (Å²) in [4.78, 5) is 14.9. The second-order valence-electron chi connectivity index (χ2n) is 7.69. The molecule has 4 aromatic rings. The first-order valence-electron chi connectivity index (χ1n) is 10.6. The van der Waals surface area contributed by atoms with Crippen LogP contribution in [0.5, 0.6) is 0 Å². The van der Waals surface area contributed by atoms with E-state index in [9.17, 15) is 18.0 Å². The van der Waals surface area contributed by atoms with E-state index in [1.54, 1.807) is 30.3 Å². The van der Waals surface area contributed by atoms with E-state index < -0.39 is 17.7 Å². The number of alkyl halides is 3. The van der Waals surface area contributed by atoms with Gasteiger partial charge in [0, 0.05) is 18.7 Å². The van der Waals surface area contributed by atoms with Gasteiger partial charge in [-0.3, -0.25) is 4.79 Å². The average Bonchev–Trinajstić information content (AvgIpc) is 3.24. The summed E-state index contributed by atoms with van der Waals surface area (Å²) in [6.45, 7) is 0.750. The van der Waals surface area contributed by atoms with E-state index in [4.69, 9.17) is 9.52 Å². The van der Waals surface area contributed by atoms with Crippen LogP contribution in [0.1, 0.15) is 28.7 Å². The first kappa shape index (κ1) is 23.3. The number of rotatable bonds is 8. The molecule has 0 radical (unpaired) electrons. The molecule has 8 heteroatoms. The van der Waals surface area contributed by atoms with Crippen LogP contribution in [0.2, 0.25) is 0 Å². The number of fused-ring (bicyclic) bond motifs is 1. The van der Waals surface area contributed by atoms with Crippen molar-refractivity contribution in [2.45, 2.75) is 19.1 Å². The van der Waals surface area contributed by atoms with Gasteiger partial charge in [-0.05, 0) is 41.0 Å². The third kappa shape index (κ3) is 5.71. The standard InChI is InChI=1S/C26H21F3N2O3/c27-26(28,29)21-15-20(10-9-19(21)8-6-17-4-2-1-3-5-17)25-31-22-11-7-18(14-23(22)34-25)16-30-13-12-24(32)33/h1-11,14-15,30H,12-13,16H2,(H,32,33). The van der Waals surface area contributed by atoms with Gasteiger partial charge in [-0.2, -0.15) is 13.2 Å². The van der Waals surface area contributed by atoms with E-state index in [0.717, 1.165) is 17.2 Å². The van der Waals surface area contributed by atoms with Gasteiger partial charge in [0.05, 0.1) is 12.0 Å². The van der Waals surface area contributed by atoms with E-state index in [2.05, 4.69) is 10.3 Å². The average molecular weight is 466 g/mol. The van der Waals surface area contributed by atoms with Gasteiger partial charge >= 0.3 is 12.1 Å². The van der Waals surface area contributed by atoms with Gasteiger partial charge in [-0.15, -0.1) is 0 Å². The molecule has 0 fully saturated rings. The summed E-state index contributed by atoms with van der Waals surface area (Å²) < 4.78 is 47.1. The SMILES string of the molecule is O=C(O)CCNCc1ccc2nc(-c3ccc(C=Cc4ccccc4)c(C(F)(F)F)c3)oc2c1. The molecule has 3 aromatic carbocycles. The zero-order chi connectivity index (χ0) is 24.1. The lowest BCUT2D eigenvalue weighted by Gasteiger charge is -2.11. The van der Waals surface area contributed by atoms with Crippen molar-refractivity contribution in [1.29, 1.82) is 0 Å². The number of nitrogens with zero attached hydrogens (tertiary/aromatic N) is 1. The predicted octanol–water partition coefficient (Wildman–Crippen LogP) is 6.25. The fourth-order valence-corrected chi connectivity index (χ4v) is 3.46. The molecule has 34 heavy (non-hydrogen) atoms. The lowest BCUT2D eigenvalue weighted by Crippen LogP contribution is -2.17. The number of aromatic nitrogens is 1. The highest BCUT2D eigenvalue weighted by Gasteiger charge is 2.33. The van der Waals surface area contributed by atoms with Gasteiger partial charge < -0.3 is 14.8 Å². The fourth-order valence-electron chi connectivity index (χ4n) is 3.46. The summed E-state index contributed by atoms with van der Waals surface area (Å²) in [6.07, 6.45) is -1.46. The van der Waals surface area contributed by atoms with Crippen molar-refractivity contribution in [3.05, 3.63) is 89.0 Å². The molecule has 0 amide bonds. The van der Waals surface area contributed by atoms with Crippen molar-refractivity contribution in [1.82, 2.24) is 10.3 Å². The van der Waals surface area contributed by atoms with Gasteiger partial charge in [0.1, 0.15) is 5.52 Å². The molecule has 0 atom stereocenters. The Morgan fingerprint density at radius 2 is 1.82 bits per heavy atom. The lowest BCUT2D eigenvalue weighted by molar-refractivity contribution is -0.138. The summed E-state index contributed by atoms with van der Waals surface area (Å²) >= 11 is 0. The maximum atomic E-state index is 13.8. The quantitative estimate of drug-likeness (QED) is 0.237. The molecule has 2 N–H and O–H groups in total. The number of nitrogens with one attached hydrogen (secondary N) is 1. The number of carboxylic acid groups (broad SMARTS) is 1. The van der Waals surface area contributed by atoms with Crippen LogP contribution in [0.3, 0.4) is 0 Å². The molecule has 0 saturated carbocycles. The molecule has 4 rings (SSSR count). The van der Waals surface area contributed by atoms with Crippen molar-refractivity contribution in [3.8, 4) is 11.5 Å². The number of carboxylic acids is 1. The summed E-state index contributed by atoms with van der Waals surface area (Å²) in [5.41, 5.74) is 2.10. The third-order valence-corrected chi connectivity index (χ3v) is 5.16. The van der Waals surface area contributed by atoms with Gasteiger partial charge in [0.2, 0.25) is 5.89 Å². The third-order valence-electron chi connectivity index (χ3n) is 5.16. The first-order valence-corrected chi connectivity index (χ1v) is 10.6. The Labute approximate surface area is 193 Å². The van der Waals surface area contributed by atoms with Crippen molar-refractivity contribution < 1.29 is 27.5 Å². The molecule has 0 aliphatic heterocycles. The van der Waals surface area contributed by atoms with E-state index in [0.29, 0.717) is 24.2 Å². The van der Waals surface area contributed by atoms with Crippen LogP contribution in [-0.4, -0.2) is 22.6 Å². The number of aliphatic carboxylic acids is 1. The van der Waals surface area contributed by atoms with Crippen LogP contribution < -0.4 is 5.32 Å².